The average molecular weight is 253 g/mol. The van der Waals surface area contributed by atoms with Crippen LogP contribution in [0.5, 0.6) is 0 Å². The van der Waals surface area contributed by atoms with Crippen molar-refractivity contribution in [1.29, 1.82) is 0 Å². The number of hydrogen-bond acceptors (Lipinski definition) is 2. The molecule has 1 atom stereocenters. The van der Waals surface area contributed by atoms with Gasteiger partial charge in [-0.25, -0.2) is 7.72 Å². The Morgan fingerprint density at radius 1 is 1.42 bits per heavy atom. The monoisotopic (exact) mass is 252 g/mol. The second-order valence-electron chi connectivity index (χ2n) is 1.94. The van der Waals surface area contributed by atoms with E-state index in [-0.39, 0.29) is 0 Å². The Morgan fingerprint density at radius 2 is 1.92 bits per heavy atom. The number of hydrogen-bond donors (Lipinski definition) is 0. The van der Waals surface area contributed by atoms with Gasteiger partial charge in [0.1, 0.15) is 5.82 Å². The lowest BCUT2D eigenvalue weighted by atomic mass is 10.3. The molecule has 1 aromatic rings. The lowest BCUT2D eigenvalue weighted by Crippen LogP contribution is -2.11. The highest BCUT2D eigenvalue weighted by Gasteiger charge is 2.01. The Morgan fingerprint density at radius 3 is 2.33 bits per heavy atom. The minimum Gasteiger partial charge on any atom is -0.754 e. The van der Waals surface area contributed by atoms with Crippen molar-refractivity contribution in [2.45, 2.75) is 0 Å². The molecule has 0 N–H and O–H groups in total. The molecule has 0 aromatic heterocycles. The summed E-state index contributed by atoms with van der Waals surface area (Å²) in [5.41, 5.74) is 0.352. The molecular formula is C6H4BrFNO2S-. The summed E-state index contributed by atoms with van der Waals surface area (Å²) < 4.78 is 33.9. The Balaban J connectivity index is 2.89. The third-order valence-electron chi connectivity index (χ3n) is 1.16. The van der Waals surface area contributed by atoms with Gasteiger partial charge in [-0.3, -0.25) is 4.21 Å². The van der Waals surface area contributed by atoms with Crippen molar-refractivity contribution < 1.29 is 13.2 Å². The van der Waals surface area contributed by atoms with E-state index in [1.807, 2.05) is 0 Å². The largest absolute Gasteiger partial charge is 0.754 e. The highest BCUT2D eigenvalue weighted by atomic mass is 79.9. The topological polar surface area (TPSA) is 43.4 Å². The Kier molecular flexibility index (Phi) is 3.19. The van der Waals surface area contributed by atoms with Gasteiger partial charge < -0.3 is 4.55 Å². The van der Waals surface area contributed by atoms with Gasteiger partial charge in [0, 0.05) is 0 Å². The zero-order chi connectivity index (χ0) is 9.14. The molecule has 66 valence electrons. The summed E-state index contributed by atoms with van der Waals surface area (Å²) in [6.07, 6.45) is 0. The van der Waals surface area contributed by atoms with E-state index < -0.39 is 17.1 Å². The first-order valence-electron chi connectivity index (χ1n) is 2.92. The van der Waals surface area contributed by atoms with Crippen molar-refractivity contribution in [3.63, 3.8) is 0 Å². The minimum atomic E-state index is -2.39. The van der Waals surface area contributed by atoms with Gasteiger partial charge in [0.25, 0.3) is 0 Å². The summed E-state index contributed by atoms with van der Waals surface area (Å²) in [7, 11) is 0. The first-order chi connectivity index (χ1) is 5.61. The molecule has 0 aliphatic carbocycles. The van der Waals surface area contributed by atoms with Crippen LogP contribution < -0.4 is 3.33 Å². The van der Waals surface area contributed by atoms with Gasteiger partial charge in [0.15, 0.2) is 0 Å². The summed E-state index contributed by atoms with van der Waals surface area (Å²) in [6.45, 7) is 0. The number of nitrogens with zero attached hydrogens (tertiary/aromatic N) is 1. The molecule has 0 saturated heterocycles. The smallest absolute Gasteiger partial charge is 0.123 e. The maximum absolute atomic E-state index is 12.4. The van der Waals surface area contributed by atoms with Crippen LogP contribution in [-0.4, -0.2) is 8.76 Å². The highest BCUT2D eigenvalue weighted by Crippen LogP contribution is 2.19. The van der Waals surface area contributed by atoms with Crippen LogP contribution in [0, 0.1) is 5.82 Å². The molecule has 0 heterocycles. The molecule has 0 amide bonds. The summed E-state index contributed by atoms with van der Waals surface area (Å²) >= 11 is 0.383. The maximum Gasteiger partial charge on any atom is 0.123 e. The molecule has 1 aromatic carbocycles. The first kappa shape index (κ1) is 9.63. The molecule has 3 nitrogen and oxygen atoms in total. The highest BCUT2D eigenvalue weighted by molar-refractivity contribution is 9.11. The number of benzene rings is 1. The molecule has 0 aliphatic rings. The van der Waals surface area contributed by atoms with Crippen molar-refractivity contribution in [2.24, 2.45) is 0 Å². The van der Waals surface area contributed by atoms with Crippen LogP contribution in [-0.2, 0) is 11.3 Å². The fraction of sp³-hybridized carbons (Fsp3) is 0. The van der Waals surface area contributed by atoms with Crippen LogP contribution in [0.3, 0.4) is 0 Å². The Bertz CT molecular complexity index is 292. The Hall–Kier alpha value is -0.460. The Labute approximate surface area is 79.9 Å². The van der Waals surface area contributed by atoms with Gasteiger partial charge >= 0.3 is 0 Å². The first-order valence-corrected chi connectivity index (χ1v) is 4.66. The molecule has 0 bridgehead atoms. The quantitative estimate of drug-likeness (QED) is 0.595. The van der Waals surface area contributed by atoms with Crippen molar-refractivity contribution in [2.75, 3.05) is 3.33 Å². The number of anilines is 1. The number of halogens is 2. The standard InChI is InChI=1S/C6H5BrFNO2S/c7-9(12(10)11)6-3-1-5(8)2-4-6/h1-4H,(H,10,11)/p-1. The molecule has 6 heteroatoms. The van der Waals surface area contributed by atoms with Gasteiger partial charge in [0.2, 0.25) is 0 Å². The lowest BCUT2D eigenvalue weighted by molar-refractivity contribution is 0.540. The lowest BCUT2D eigenvalue weighted by Gasteiger charge is -2.17. The molecule has 0 aliphatic heterocycles. The van der Waals surface area contributed by atoms with E-state index in [9.17, 15) is 13.2 Å². The van der Waals surface area contributed by atoms with Crippen LogP contribution in [0.4, 0.5) is 10.1 Å². The molecule has 1 unspecified atom stereocenters. The van der Waals surface area contributed by atoms with E-state index in [4.69, 9.17) is 0 Å². The van der Waals surface area contributed by atoms with Crippen LogP contribution >= 0.6 is 16.1 Å². The van der Waals surface area contributed by atoms with Gasteiger partial charge in [-0.15, -0.1) is 0 Å². The van der Waals surface area contributed by atoms with Crippen LogP contribution in [0.25, 0.3) is 0 Å². The van der Waals surface area contributed by atoms with E-state index in [0.29, 0.717) is 5.69 Å². The van der Waals surface area contributed by atoms with Gasteiger partial charge in [0.05, 0.1) is 33.1 Å². The number of rotatable bonds is 2. The van der Waals surface area contributed by atoms with Crippen LogP contribution in [0.1, 0.15) is 0 Å². The van der Waals surface area contributed by atoms with E-state index >= 15 is 0 Å². The van der Waals surface area contributed by atoms with E-state index in [1.165, 1.54) is 24.3 Å². The predicted octanol–water partition coefficient (Wildman–Crippen LogP) is 1.74. The molecule has 0 spiro atoms. The van der Waals surface area contributed by atoms with Crippen molar-refractivity contribution in [3.8, 4) is 0 Å². The van der Waals surface area contributed by atoms with Gasteiger partial charge in [-0.2, -0.15) is 0 Å². The maximum atomic E-state index is 12.4. The summed E-state index contributed by atoms with van der Waals surface area (Å²) in [6, 6.07) is 5.05. The zero-order valence-electron chi connectivity index (χ0n) is 5.74. The van der Waals surface area contributed by atoms with Gasteiger partial charge in [-0.05, 0) is 24.3 Å². The van der Waals surface area contributed by atoms with E-state index in [1.54, 1.807) is 0 Å². The summed E-state index contributed by atoms with van der Waals surface area (Å²) in [5, 5.41) is 0. The normalized spacial score (nSPS) is 12.6. The van der Waals surface area contributed by atoms with E-state index in [2.05, 4.69) is 16.1 Å². The fourth-order valence-electron chi connectivity index (χ4n) is 0.644. The fourth-order valence-corrected chi connectivity index (χ4v) is 1.17. The summed E-state index contributed by atoms with van der Waals surface area (Å²) in [5.74, 6) is -0.406. The molecule has 0 saturated carbocycles. The second-order valence-corrected chi connectivity index (χ2v) is 3.92. The zero-order valence-corrected chi connectivity index (χ0v) is 8.14. The van der Waals surface area contributed by atoms with E-state index in [0.717, 1.165) is 3.33 Å². The summed E-state index contributed by atoms with van der Waals surface area (Å²) in [4.78, 5) is 0. The van der Waals surface area contributed by atoms with Crippen molar-refractivity contribution in [1.82, 2.24) is 0 Å². The molecule has 0 radical (unpaired) electrons. The van der Waals surface area contributed by atoms with Crippen molar-refractivity contribution in [3.05, 3.63) is 30.1 Å². The predicted molar refractivity (Wildman–Crippen MR) is 46.7 cm³/mol. The van der Waals surface area contributed by atoms with Crippen LogP contribution in [0.2, 0.25) is 0 Å². The molecule has 1 rings (SSSR count). The molecule has 12 heavy (non-hydrogen) atoms. The minimum absolute atomic E-state index is 0.352. The van der Waals surface area contributed by atoms with Crippen LogP contribution in [0.15, 0.2) is 24.3 Å². The second kappa shape index (κ2) is 3.97. The molecule has 0 fully saturated rings. The van der Waals surface area contributed by atoms with Crippen molar-refractivity contribution >= 4 is 33.1 Å². The third-order valence-corrected chi connectivity index (χ3v) is 2.75. The SMILES string of the molecule is O=S([O-])N(Br)c1ccc(F)cc1. The average Bonchev–Trinajstić information content (AvgIpc) is 2.04. The van der Waals surface area contributed by atoms with Gasteiger partial charge in [-0.1, -0.05) is 0 Å². The molecular weight excluding hydrogens is 249 g/mol. The third kappa shape index (κ3) is 2.26.